The second-order valence-electron chi connectivity index (χ2n) is 4.29. The van der Waals surface area contributed by atoms with Gasteiger partial charge in [-0.05, 0) is 35.9 Å². The molecular formula is C16H12ClN3O. The monoisotopic (exact) mass is 297 g/mol. The molecule has 0 radical (unpaired) electrons. The van der Waals surface area contributed by atoms with Crippen LogP contribution in [0.5, 0.6) is 0 Å². The zero-order valence-corrected chi connectivity index (χ0v) is 11.8. The van der Waals surface area contributed by atoms with Crippen molar-refractivity contribution in [3.63, 3.8) is 0 Å². The molecule has 2 rings (SSSR count). The van der Waals surface area contributed by atoms with Crippen molar-refractivity contribution in [3.05, 3.63) is 64.7 Å². The molecule has 3 N–H and O–H groups in total. The fraction of sp³-hybridized carbons (Fsp3) is 0. The summed E-state index contributed by atoms with van der Waals surface area (Å²) in [5, 5.41) is 12.1. The molecule has 2 aromatic carbocycles. The molecule has 1 amide bonds. The SMILES string of the molecule is N#Cc1ccccc1C=CC(=O)Nc1cc(N)cc(Cl)c1. The average molecular weight is 298 g/mol. The van der Waals surface area contributed by atoms with E-state index in [1.165, 1.54) is 6.08 Å². The number of nitriles is 1. The zero-order chi connectivity index (χ0) is 15.2. The lowest BCUT2D eigenvalue weighted by Gasteiger charge is -2.04. The Balaban J connectivity index is 2.11. The van der Waals surface area contributed by atoms with Crippen LogP contribution in [0.4, 0.5) is 11.4 Å². The molecule has 0 atom stereocenters. The molecule has 0 aliphatic rings. The highest BCUT2D eigenvalue weighted by atomic mass is 35.5. The Morgan fingerprint density at radius 2 is 2.05 bits per heavy atom. The molecule has 0 spiro atoms. The van der Waals surface area contributed by atoms with E-state index in [1.807, 2.05) is 0 Å². The van der Waals surface area contributed by atoms with Gasteiger partial charge in [0.2, 0.25) is 5.91 Å². The van der Waals surface area contributed by atoms with Gasteiger partial charge < -0.3 is 11.1 Å². The van der Waals surface area contributed by atoms with Gasteiger partial charge in [-0.25, -0.2) is 0 Å². The van der Waals surface area contributed by atoms with Crippen molar-refractivity contribution in [2.24, 2.45) is 0 Å². The molecule has 0 aliphatic heterocycles. The van der Waals surface area contributed by atoms with Crippen LogP contribution in [0, 0.1) is 11.3 Å². The van der Waals surface area contributed by atoms with Gasteiger partial charge in [-0.3, -0.25) is 4.79 Å². The molecule has 0 fully saturated rings. The Hall–Kier alpha value is -2.77. The Bertz CT molecular complexity index is 727. The smallest absolute Gasteiger partial charge is 0.248 e. The van der Waals surface area contributed by atoms with Crippen LogP contribution in [0.15, 0.2) is 48.5 Å². The lowest BCUT2D eigenvalue weighted by atomic mass is 10.1. The van der Waals surface area contributed by atoms with E-state index in [2.05, 4.69) is 11.4 Å². The van der Waals surface area contributed by atoms with Crippen LogP contribution in [0.3, 0.4) is 0 Å². The fourth-order valence-corrected chi connectivity index (χ4v) is 2.02. The largest absolute Gasteiger partial charge is 0.399 e. The van der Waals surface area contributed by atoms with Gasteiger partial charge >= 0.3 is 0 Å². The van der Waals surface area contributed by atoms with Crippen LogP contribution in [-0.4, -0.2) is 5.91 Å². The van der Waals surface area contributed by atoms with Gasteiger partial charge in [0.05, 0.1) is 11.6 Å². The van der Waals surface area contributed by atoms with Crippen LogP contribution >= 0.6 is 11.6 Å². The fourth-order valence-electron chi connectivity index (χ4n) is 1.78. The summed E-state index contributed by atoms with van der Waals surface area (Å²) in [7, 11) is 0. The Morgan fingerprint density at radius 3 is 2.76 bits per heavy atom. The third kappa shape index (κ3) is 4.10. The first kappa shape index (κ1) is 14.6. The first-order chi connectivity index (χ1) is 10.1. The van der Waals surface area contributed by atoms with Gasteiger partial charge in [0.1, 0.15) is 0 Å². The van der Waals surface area contributed by atoms with Gasteiger partial charge in [0.25, 0.3) is 0 Å². The van der Waals surface area contributed by atoms with Crippen LogP contribution < -0.4 is 11.1 Å². The second-order valence-corrected chi connectivity index (χ2v) is 4.73. The molecule has 0 bridgehead atoms. The molecule has 0 heterocycles. The molecule has 2 aromatic rings. The Morgan fingerprint density at radius 1 is 1.29 bits per heavy atom. The van der Waals surface area contributed by atoms with Gasteiger partial charge in [-0.2, -0.15) is 5.26 Å². The predicted octanol–water partition coefficient (Wildman–Crippen LogP) is 3.45. The zero-order valence-electron chi connectivity index (χ0n) is 11.0. The molecule has 5 heteroatoms. The first-order valence-corrected chi connectivity index (χ1v) is 6.50. The second kappa shape index (κ2) is 6.60. The summed E-state index contributed by atoms with van der Waals surface area (Å²) in [4.78, 5) is 11.8. The van der Waals surface area contributed by atoms with E-state index in [4.69, 9.17) is 22.6 Å². The standard InChI is InChI=1S/C16H12ClN3O/c17-13-7-14(19)9-15(8-13)20-16(21)6-5-11-3-1-2-4-12(11)10-18/h1-9H,19H2,(H,20,21). The summed E-state index contributed by atoms with van der Waals surface area (Å²) in [6.07, 6.45) is 2.94. The van der Waals surface area contributed by atoms with Crippen LogP contribution in [0.25, 0.3) is 6.08 Å². The quantitative estimate of drug-likeness (QED) is 0.673. The molecule has 0 unspecified atom stereocenters. The van der Waals surface area contributed by atoms with Crippen molar-refractivity contribution in [3.8, 4) is 6.07 Å². The van der Waals surface area contributed by atoms with Crippen molar-refractivity contribution >= 4 is 35.0 Å². The van der Waals surface area contributed by atoms with Crippen LogP contribution in [-0.2, 0) is 4.79 Å². The minimum Gasteiger partial charge on any atom is -0.399 e. The maximum Gasteiger partial charge on any atom is 0.248 e. The normalized spacial score (nSPS) is 10.3. The third-order valence-electron chi connectivity index (χ3n) is 2.68. The van der Waals surface area contributed by atoms with Crippen molar-refractivity contribution in [2.75, 3.05) is 11.1 Å². The number of hydrogen-bond acceptors (Lipinski definition) is 3. The van der Waals surface area contributed by atoms with Crippen molar-refractivity contribution in [2.45, 2.75) is 0 Å². The number of nitrogens with zero attached hydrogens (tertiary/aromatic N) is 1. The van der Waals surface area contributed by atoms with E-state index in [-0.39, 0.29) is 5.91 Å². The van der Waals surface area contributed by atoms with Crippen LogP contribution in [0.2, 0.25) is 5.02 Å². The highest BCUT2D eigenvalue weighted by Gasteiger charge is 2.02. The number of nitrogens with two attached hydrogens (primary N) is 1. The number of anilines is 2. The minimum absolute atomic E-state index is 0.329. The van der Waals surface area contributed by atoms with E-state index < -0.39 is 0 Å². The first-order valence-electron chi connectivity index (χ1n) is 6.13. The average Bonchev–Trinajstić information content (AvgIpc) is 2.44. The van der Waals surface area contributed by atoms with E-state index in [0.717, 1.165) is 0 Å². The highest BCUT2D eigenvalue weighted by Crippen LogP contribution is 2.20. The molecule has 0 saturated carbocycles. The Kier molecular flexibility index (Phi) is 4.60. The minimum atomic E-state index is -0.329. The Labute approximate surface area is 127 Å². The summed E-state index contributed by atoms with van der Waals surface area (Å²) >= 11 is 5.86. The van der Waals surface area contributed by atoms with Gasteiger partial charge in [0, 0.05) is 22.5 Å². The van der Waals surface area contributed by atoms with Gasteiger partial charge in [-0.1, -0.05) is 29.8 Å². The summed E-state index contributed by atoms with van der Waals surface area (Å²) in [5.74, 6) is -0.329. The molecular weight excluding hydrogens is 286 g/mol. The number of nitrogen functional groups attached to an aromatic ring is 1. The van der Waals surface area contributed by atoms with E-state index in [0.29, 0.717) is 27.5 Å². The summed E-state index contributed by atoms with van der Waals surface area (Å²) < 4.78 is 0. The number of hydrogen-bond donors (Lipinski definition) is 2. The number of carbonyl (C=O) groups excluding carboxylic acids is 1. The van der Waals surface area contributed by atoms with E-state index >= 15 is 0 Å². The van der Waals surface area contributed by atoms with Crippen molar-refractivity contribution < 1.29 is 4.79 Å². The number of benzene rings is 2. The summed E-state index contributed by atoms with van der Waals surface area (Å²) in [6.45, 7) is 0. The maximum absolute atomic E-state index is 11.8. The topological polar surface area (TPSA) is 78.9 Å². The molecule has 0 saturated heterocycles. The van der Waals surface area contributed by atoms with E-state index in [1.54, 1.807) is 48.5 Å². The van der Waals surface area contributed by atoms with Crippen molar-refractivity contribution in [1.82, 2.24) is 0 Å². The van der Waals surface area contributed by atoms with E-state index in [9.17, 15) is 4.79 Å². The van der Waals surface area contributed by atoms with Crippen LogP contribution in [0.1, 0.15) is 11.1 Å². The lowest BCUT2D eigenvalue weighted by molar-refractivity contribution is -0.111. The number of carbonyl (C=O) groups is 1. The summed E-state index contributed by atoms with van der Waals surface area (Å²) in [5.41, 5.74) is 7.82. The number of nitrogens with one attached hydrogen (secondary N) is 1. The molecule has 21 heavy (non-hydrogen) atoms. The molecule has 0 aliphatic carbocycles. The van der Waals surface area contributed by atoms with Gasteiger partial charge in [0.15, 0.2) is 0 Å². The third-order valence-corrected chi connectivity index (χ3v) is 2.90. The number of halogens is 1. The maximum atomic E-state index is 11.8. The lowest BCUT2D eigenvalue weighted by Crippen LogP contribution is -2.08. The number of rotatable bonds is 3. The molecule has 0 aromatic heterocycles. The highest BCUT2D eigenvalue weighted by molar-refractivity contribution is 6.31. The number of amides is 1. The van der Waals surface area contributed by atoms with Gasteiger partial charge in [-0.15, -0.1) is 0 Å². The van der Waals surface area contributed by atoms with Crippen molar-refractivity contribution in [1.29, 1.82) is 5.26 Å². The molecule has 4 nitrogen and oxygen atoms in total. The predicted molar refractivity (Wildman–Crippen MR) is 84.7 cm³/mol. The summed E-state index contributed by atoms with van der Waals surface area (Å²) in [6, 6.07) is 13.9. The molecule has 104 valence electrons.